The highest BCUT2D eigenvalue weighted by molar-refractivity contribution is 7.89. The normalized spacial score (nSPS) is 18.1. The fraction of sp³-hybridized carbons (Fsp3) is 0.474. The number of nitrogens with one attached hydrogen (secondary N) is 1. The zero-order valence-electron chi connectivity index (χ0n) is 15.8. The minimum absolute atomic E-state index is 0.238. The lowest BCUT2D eigenvalue weighted by molar-refractivity contribution is -0.124. The average molecular weight is 408 g/mol. The van der Waals surface area contributed by atoms with Gasteiger partial charge in [-0.2, -0.15) is 4.31 Å². The molecule has 1 atom stereocenters. The minimum atomic E-state index is -3.70. The van der Waals surface area contributed by atoms with E-state index in [9.17, 15) is 13.2 Å². The number of amides is 1. The van der Waals surface area contributed by atoms with Gasteiger partial charge in [-0.3, -0.25) is 4.79 Å². The number of nitrogens with zero attached hydrogens (tertiary/aromatic N) is 2. The third kappa shape index (κ3) is 4.39. The first-order valence-electron chi connectivity index (χ1n) is 9.09. The van der Waals surface area contributed by atoms with E-state index in [1.165, 1.54) is 15.6 Å². The zero-order chi connectivity index (χ0) is 19.6. The molecular formula is C19H25N3O3S2. The van der Waals surface area contributed by atoms with Gasteiger partial charge in [-0.1, -0.05) is 26.0 Å². The van der Waals surface area contributed by atoms with Crippen LogP contribution < -0.4 is 5.32 Å². The molecule has 1 aromatic heterocycles. The summed E-state index contributed by atoms with van der Waals surface area (Å²) >= 11 is 1.52. The predicted molar refractivity (Wildman–Crippen MR) is 106 cm³/mol. The number of aromatic nitrogens is 1. The standard InChI is InChI=1S/C19H25N3O3S2/c1-13(2)15-6-8-17(9-7-15)27(24,25)22-10-4-5-18(22)19(23)20-11-16-12-26-14(3)21-16/h6-9,12-13,18H,4-5,10-11H2,1-3H3,(H,20,23)/t18-/m1/s1. The zero-order valence-corrected chi connectivity index (χ0v) is 17.4. The fourth-order valence-electron chi connectivity index (χ4n) is 3.23. The van der Waals surface area contributed by atoms with Crippen molar-refractivity contribution in [2.45, 2.75) is 57.0 Å². The van der Waals surface area contributed by atoms with Gasteiger partial charge >= 0.3 is 0 Å². The molecule has 27 heavy (non-hydrogen) atoms. The molecule has 0 spiro atoms. The maximum absolute atomic E-state index is 13.0. The number of thiazole rings is 1. The van der Waals surface area contributed by atoms with Crippen molar-refractivity contribution in [3.8, 4) is 0 Å². The topological polar surface area (TPSA) is 79.4 Å². The first-order valence-corrected chi connectivity index (χ1v) is 11.4. The number of benzene rings is 1. The van der Waals surface area contributed by atoms with E-state index in [0.29, 0.717) is 31.8 Å². The van der Waals surface area contributed by atoms with Gasteiger partial charge < -0.3 is 5.32 Å². The first kappa shape index (κ1) is 20.0. The van der Waals surface area contributed by atoms with Crippen molar-refractivity contribution >= 4 is 27.3 Å². The van der Waals surface area contributed by atoms with Gasteiger partial charge in [0.25, 0.3) is 0 Å². The summed E-state index contributed by atoms with van der Waals surface area (Å²) in [5.41, 5.74) is 1.88. The Labute approximate surface area is 164 Å². The Kier molecular flexibility index (Phi) is 5.98. The van der Waals surface area contributed by atoms with E-state index in [1.807, 2.05) is 24.4 Å². The van der Waals surface area contributed by atoms with E-state index >= 15 is 0 Å². The van der Waals surface area contributed by atoms with Crippen LogP contribution in [0.3, 0.4) is 0 Å². The summed E-state index contributed by atoms with van der Waals surface area (Å²) < 4.78 is 27.4. The molecule has 1 amide bonds. The van der Waals surface area contributed by atoms with Gasteiger partial charge in [0, 0.05) is 11.9 Å². The lowest BCUT2D eigenvalue weighted by atomic mass is 10.0. The highest BCUT2D eigenvalue weighted by Crippen LogP contribution is 2.27. The Hall–Kier alpha value is -1.77. The molecule has 0 aliphatic carbocycles. The van der Waals surface area contributed by atoms with Gasteiger partial charge in [-0.25, -0.2) is 13.4 Å². The summed E-state index contributed by atoms with van der Waals surface area (Å²) in [4.78, 5) is 17.2. The van der Waals surface area contributed by atoms with E-state index in [1.54, 1.807) is 12.1 Å². The van der Waals surface area contributed by atoms with Gasteiger partial charge in [-0.15, -0.1) is 11.3 Å². The van der Waals surface area contributed by atoms with Crippen LogP contribution in [-0.2, 0) is 21.4 Å². The van der Waals surface area contributed by atoms with Crippen LogP contribution in [0.5, 0.6) is 0 Å². The fourth-order valence-corrected chi connectivity index (χ4v) is 5.50. The van der Waals surface area contributed by atoms with Crippen LogP contribution in [0.15, 0.2) is 34.5 Å². The van der Waals surface area contributed by atoms with Crippen LogP contribution in [0.4, 0.5) is 0 Å². The van der Waals surface area contributed by atoms with Gasteiger partial charge in [0.05, 0.1) is 22.1 Å². The molecule has 0 bridgehead atoms. The number of hydrogen-bond acceptors (Lipinski definition) is 5. The number of carbonyl (C=O) groups excluding carboxylic acids is 1. The molecule has 1 aliphatic rings. The molecule has 146 valence electrons. The van der Waals surface area contributed by atoms with Crippen molar-refractivity contribution < 1.29 is 13.2 Å². The number of aryl methyl sites for hydroxylation is 1. The van der Waals surface area contributed by atoms with E-state index in [0.717, 1.165) is 16.3 Å². The lowest BCUT2D eigenvalue weighted by Gasteiger charge is -2.23. The molecule has 3 rings (SSSR count). The molecule has 8 heteroatoms. The number of carbonyl (C=O) groups is 1. The lowest BCUT2D eigenvalue weighted by Crippen LogP contribution is -2.45. The largest absolute Gasteiger partial charge is 0.349 e. The number of rotatable bonds is 6. The quantitative estimate of drug-likeness (QED) is 0.798. The van der Waals surface area contributed by atoms with Gasteiger partial charge in [0.15, 0.2) is 0 Å². The Morgan fingerprint density at radius 1 is 1.33 bits per heavy atom. The average Bonchev–Trinajstić information content (AvgIpc) is 3.29. The first-order chi connectivity index (χ1) is 12.8. The summed E-state index contributed by atoms with van der Waals surface area (Å²) in [7, 11) is -3.70. The Morgan fingerprint density at radius 3 is 2.63 bits per heavy atom. The van der Waals surface area contributed by atoms with E-state index < -0.39 is 16.1 Å². The van der Waals surface area contributed by atoms with Gasteiger partial charge in [0.2, 0.25) is 15.9 Å². The molecule has 1 aliphatic heterocycles. The van der Waals surface area contributed by atoms with Gasteiger partial charge in [0.1, 0.15) is 6.04 Å². The predicted octanol–water partition coefficient (Wildman–Crippen LogP) is 3.04. The van der Waals surface area contributed by atoms with Crippen LogP contribution in [0.1, 0.15) is 48.9 Å². The molecular weight excluding hydrogens is 382 g/mol. The van der Waals surface area contributed by atoms with Crippen LogP contribution >= 0.6 is 11.3 Å². The molecule has 2 aromatic rings. The van der Waals surface area contributed by atoms with Crippen molar-refractivity contribution in [2.24, 2.45) is 0 Å². The summed E-state index contributed by atoms with van der Waals surface area (Å²) in [6, 6.07) is 6.28. The van der Waals surface area contributed by atoms with Crippen LogP contribution in [0.2, 0.25) is 0 Å². The minimum Gasteiger partial charge on any atom is -0.349 e. The summed E-state index contributed by atoms with van der Waals surface area (Å²) in [6.07, 6.45) is 1.21. The smallest absolute Gasteiger partial charge is 0.243 e. The molecule has 0 radical (unpaired) electrons. The van der Waals surface area contributed by atoms with Crippen molar-refractivity contribution in [1.82, 2.24) is 14.6 Å². The molecule has 0 saturated carbocycles. The second-order valence-electron chi connectivity index (χ2n) is 7.07. The third-order valence-corrected chi connectivity index (χ3v) is 7.51. The van der Waals surface area contributed by atoms with E-state index in [-0.39, 0.29) is 10.8 Å². The molecule has 0 unspecified atom stereocenters. The Morgan fingerprint density at radius 2 is 2.04 bits per heavy atom. The SMILES string of the molecule is Cc1nc(CNC(=O)[C@H]2CCCN2S(=O)(=O)c2ccc(C(C)C)cc2)cs1. The second kappa shape index (κ2) is 8.08. The summed E-state index contributed by atoms with van der Waals surface area (Å²) in [6.45, 7) is 6.72. The molecule has 1 saturated heterocycles. The van der Waals surface area contributed by atoms with Crippen LogP contribution in [0, 0.1) is 6.92 Å². The molecule has 1 aromatic carbocycles. The monoisotopic (exact) mass is 407 g/mol. The number of hydrogen-bond donors (Lipinski definition) is 1. The highest BCUT2D eigenvalue weighted by Gasteiger charge is 2.39. The third-order valence-electron chi connectivity index (χ3n) is 4.77. The number of sulfonamides is 1. The van der Waals surface area contributed by atoms with Crippen molar-refractivity contribution in [1.29, 1.82) is 0 Å². The van der Waals surface area contributed by atoms with Gasteiger partial charge in [-0.05, 0) is 43.4 Å². The molecule has 2 heterocycles. The van der Waals surface area contributed by atoms with Crippen LogP contribution in [-0.4, -0.2) is 36.2 Å². The maximum Gasteiger partial charge on any atom is 0.243 e. The summed E-state index contributed by atoms with van der Waals surface area (Å²) in [5, 5.41) is 5.67. The van der Waals surface area contributed by atoms with Crippen molar-refractivity contribution in [3.63, 3.8) is 0 Å². The Balaban J connectivity index is 1.72. The summed E-state index contributed by atoms with van der Waals surface area (Å²) in [5.74, 6) is 0.0712. The van der Waals surface area contributed by atoms with E-state index in [4.69, 9.17) is 0 Å². The van der Waals surface area contributed by atoms with Crippen molar-refractivity contribution in [2.75, 3.05) is 6.54 Å². The second-order valence-corrected chi connectivity index (χ2v) is 10.0. The van der Waals surface area contributed by atoms with Crippen LogP contribution in [0.25, 0.3) is 0 Å². The molecule has 1 N–H and O–H groups in total. The van der Waals surface area contributed by atoms with Crippen molar-refractivity contribution in [3.05, 3.63) is 45.9 Å². The highest BCUT2D eigenvalue weighted by atomic mass is 32.2. The van der Waals surface area contributed by atoms with E-state index in [2.05, 4.69) is 24.1 Å². The Bertz CT molecular complexity index is 905. The maximum atomic E-state index is 13.0. The molecule has 1 fully saturated rings. The molecule has 6 nitrogen and oxygen atoms in total.